The number of ether oxygens (including phenoxy) is 1. The Hall–Kier alpha value is -2.74. The van der Waals surface area contributed by atoms with E-state index in [4.69, 9.17) is 4.74 Å². The number of amides is 1. The lowest BCUT2D eigenvalue weighted by atomic mass is 10.3. The SMILES string of the molecule is O=C(Cn1nnc(COc2ccccc2)n1)Nc1ccc(Br)cc1. The van der Waals surface area contributed by atoms with E-state index in [1.165, 1.54) is 4.80 Å². The van der Waals surface area contributed by atoms with Gasteiger partial charge in [0.15, 0.2) is 6.61 Å². The number of carbonyl (C=O) groups excluding carboxylic acids is 1. The van der Waals surface area contributed by atoms with E-state index in [0.717, 1.165) is 10.2 Å². The zero-order chi connectivity index (χ0) is 16.8. The Kier molecular flexibility index (Phi) is 5.17. The van der Waals surface area contributed by atoms with E-state index in [-0.39, 0.29) is 19.1 Å². The lowest BCUT2D eigenvalue weighted by molar-refractivity contribution is -0.117. The standard InChI is InChI=1S/C16H14BrN5O2/c17-12-6-8-13(9-7-12)18-16(23)10-22-20-15(19-21-22)11-24-14-4-2-1-3-5-14/h1-9H,10-11H2,(H,18,23). The van der Waals surface area contributed by atoms with Crippen LogP contribution in [0.2, 0.25) is 0 Å². The first-order chi connectivity index (χ1) is 11.7. The van der Waals surface area contributed by atoms with Gasteiger partial charge in [-0.3, -0.25) is 4.79 Å². The molecule has 1 heterocycles. The Morgan fingerprint density at radius 3 is 2.62 bits per heavy atom. The van der Waals surface area contributed by atoms with Crippen molar-refractivity contribution in [3.05, 3.63) is 64.9 Å². The van der Waals surface area contributed by atoms with Crippen molar-refractivity contribution in [2.24, 2.45) is 0 Å². The molecule has 1 N–H and O–H groups in total. The van der Waals surface area contributed by atoms with Gasteiger partial charge in [-0.15, -0.1) is 10.2 Å². The first kappa shape index (κ1) is 16.1. The highest BCUT2D eigenvalue weighted by Crippen LogP contribution is 2.14. The van der Waals surface area contributed by atoms with Gasteiger partial charge in [0.05, 0.1) is 0 Å². The zero-order valence-electron chi connectivity index (χ0n) is 12.6. The number of benzene rings is 2. The normalized spacial score (nSPS) is 10.4. The Labute approximate surface area is 146 Å². The van der Waals surface area contributed by atoms with Crippen molar-refractivity contribution in [3.8, 4) is 5.75 Å². The number of nitrogens with one attached hydrogen (secondary N) is 1. The molecule has 8 heteroatoms. The molecule has 0 radical (unpaired) electrons. The van der Waals surface area contributed by atoms with Crippen LogP contribution in [0.25, 0.3) is 0 Å². The van der Waals surface area contributed by atoms with Gasteiger partial charge in [0.1, 0.15) is 12.3 Å². The summed E-state index contributed by atoms with van der Waals surface area (Å²) >= 11 is 3.34. The van der Waals surface area contributed by atoms with Crippen LogP contribution in [0.15, 0.2) is 59.1 Å². The van der Waals surface area contributed by atoms with Gasteiger partial charge in [-0.1, -0.05) is 34.1 Å². The number of anilines is 1. The Morgan fingerprint density at radius 1 is 1.12 bits per heavy atom. The molecule has 2 aromatic carbocycles. The highest BCUT2D eigenvalue weighted by atomic mass is 79.9. The number of hydrogen-bond acceptors (Lipinski definition) is 5. The number of carbonyl (C=O) groups is 1. The first-order valence-corrected chi connectivity index (χ1v) is 7.98. The van der Waals surface area contributed by atoms with E-state index in [0.29, 0.717) is 11.5 Å². The van der Waals surface area contributed by atoms with E-state index in [2.05, 4.69) is 36.7 Å². The number of para-hydroxylation sites is 1. The van der Waals surface area contributed by atoms with Crippen molar-refractivity contribution in [1.29, 1.82) is 0 Å². The molecule has 0 unspecified atom stereocenters. The average molecular weight is 388 g/mol. The summed E-state index contributed by atoms with van der Waals surface area (Å²) in [6.07, 6.45) is 0. The molecule has 0 fully saturated rings. The molecule has 1 aromatic heterocycles. The predicted octanol–water partition coefficient (Wildman–Crippen LogP) is 2.65. The minimum Gasteiger partial charge on any atom is -0.485 e. The molecule has 3 rings (SSSR count). The minimum absolute atomic E-state index is 0.0194. The Morgan fingerprint density at radius 2 is 1.88 bits per heavy atom. The molecule has 0 aliphatic heterocycles. The van der Waals surface area contributed by atoms with Crippen molar-refractivity contribution in [3.63, 3.8) is 0 Å². The van der Waals surface area contributed by atoms with Crippen LogP contribution in [0, 0.1) is 0 Å². The molecule has 7 nitrogen and oxygen atoms in total. The summed E-state index contributed by atoms with van der Waals surface area (Å²) < 4.78 is 6.48. The molecular formula is C16H14BrN5O2. The molecule has 24 heavy (non-hydrogen) atoms. The lowest BCUT2D eigenvalue weighted by Gasteiger charge is -2.04. The third-order valence-electron chi connectivity index (χ3n) is 3.02. The van der Waals surface area contributed by atoms with Gasteiger partial charge in [-0.2, -0.15) is 4.80 Å². The van der Waals surface area contributed by atoms with Gasteiger partial charge in [0.2, 0.25) is 11.7 Å². The van der Waals surface area contributed by atoms with Crippen LogP contribution in [0.4, 0.5) is 5.69 Å². The summed E-state index contributed by atoms with van der Waals surface area (Å²) in [5.41, 5.74) is 0.705. The van der Waals surface area contributed by atoms with E-state index >= 15 is 0 Å². The van der Waals surface area contributed by atoms with Crippen LogP contribution in [0.3, 0.4) is 0 Å². The third kappa shape index (κ3) is 4.63. The lowest BCUT2D eigenvalue weighted by Crippen LogP contribution is -2.20. The van der Waals surface area contributed by atoms with Crippen LogP contribution < -0.4 is 10.1 Å². The van der Waals surface area contributed by atoms with Crippen molar-refractivity contribution in [2.75, 3.05) is 5.32 Å². The first-order valence-electron chi connectivity index (χ1n) is 7.19. The molecule has 0 aliphatic carbocycles. The van der Waals surface area contributed by atoms with Crippen molar-refractivity contribution in [2.45, 2.75) is 13.2 Å². The number of nitrogens with zero attached hydrogens (tertiary/aromatic N) is 4. The Bertz CT molecular complexity index is 805. The fraction of sp³-hybridized carbons (Fsp3) is 0.125. The molecule has 1 amide bonds. The summed E-state index contributed by atoms with van der Waals surface area (Å²) in [4.78, 5) is 13.2. The van der Waals surface area contributed by atoms with Gasteiger partial charge >= 0.3 is 0 Å². The molecule has 3 aromatic rings. The maximum atomic E-state index is 12.0. The fourth-order valence-electron chi connectivity index (χ4n) is 1.93. The summed E-state index contributed by atoms with van der Waals surface area (Å²) in [7, 11) is 0. The summed E-state index contributed by atoms with van der Waals surface area (Å²) in [5, 5.41) is 14.6. The maximum absolute atomic E-state index is 12.0. The largest absolute Gasteiger partial charge is 0.485 e. The van der Waals surface area contributed by atoms with Crippen LogP contribution in [-0.2, 0) is 17.9 Å². The van der Waals surface area contributed by atoms with Gasteiger partial charge in [-0.25, -0.2) is 0 Å². The van der Waals surface area contributed by atoms with Gasteiger partial charge in [-0.05, 0) is 41.6 Å². The monoisotopic (exact) mass is 387 g/mol. The predicted molar refractivity (Wildman–Crippen MR) is 91.4 cm³/mol. The smallest absolute Gasteiger partial charge is 0.248 e. The van der Waals surface area contributed by atoms with Gasteiger partial charge in [0.25, 0.3) is 0 Å². The van der Waals surface area contributed by atoms with E-state index in [9.17, 15) is 4.79 Å². The van der Waals surface area contributed by atoms with Gasteiger partial charge < -0.3 is 10.1 Å². The second-order valence-corrected chi connectivity index (χ2v) is 5.81. The molecule has 0 atom stereocenters. The van der Waals surface area contributed by atoms with Crippen LogP contribution in [0.1, 0.15) is 5.82 Å². The topological polar surface area (TPSA) is 81.9 Å². The highest BCUT2D eigenvalue weighted by molar-refractivity contribution is 9.10. The minimum atomic E-state index is -0.231. The van der Waals surface area contributed by atoms with Crippen molar-refractivity contribution >= 4 is 27.5 Å². The van der Waals surface area contributed by atoms with Crippen LogP contribution >= 0.6 is 15.9 Å². The van der Waals surface area contributed by atoms with Gasteiger partial charge in [0, 0.05) is 10.2 Å². The Balaban J connectivity index is 1.51. The molecule has 0 bridgehead atoms. The number of tetrazole rings is 1. The zero-order valence-corrected chi connectivity index (χ0v) is 14.2. The van der Waals surface area contributed by atoms with E-state index in [1.807, 2.05) is 42.5 Å². The molecular weight excluding hydrogens is 374 g/mol. The third-order valence-corrected chi connectivity index (χ3v) is 3.55. The number of rotatable bonds is 6. The summed E-state index contributed by atoms with van der Waals surface area (Å²) in [6.45, 7) is 0.173. The van der Waals surface area contributed by atoms with E-state index < -0.39 is 0 Å². The maximum Gasteiger partial charge on any atom is 0.248 e. The van der Waals surface area contributed by atoms with E-state index in [1.54, 1.807) is 12.1 Å². The number of halogens is 1. The average Bonchev–Trinajstić information content (AvgIpc) is 3.03. The number of hydrogen-bond donors (Lipinski definition) is 1. The van der Waals surface area contributed by atoms with Crippen molar-refractivity contribution in [1.82, 2.24) is 20.2 Å². The second kappa shape index (κ2) is 7.69. The van der Waals surface area contributed by atoms with Crippen molar-refractivity contribution < 1.29 is 9.53 Å². The molecule has 0 spiro atoms. The molecule has 122 valence electrons. The quantitative estimate of drug-likeness (QED) is 0.702. The summed E-state index contributed by atoms with van der Waals surface area (Å²) in [5.74, 6) is 0.905. The molecule has 0 aliphatic rings. The molecule has 0 saturated carbocycles. The van der Waals surface area contributed by atoms with Crippen LogP contribution in [-0.4, -0.2) is 26.1 Å². The second-order valence-electron chi connectivity index (χ2n) is 4.89. The number of aromatic nitrogens is 4. The highest BCUT2D eigenvalue weighted by Gasteiger charge is 2.08. The molecule has 0 saturated heterocycles. The summed E-state index contributed by atoms with van der Waals surface area (Å²) in [6, 6.07) is 16.7. The fourth-order valence-corrected chi connectivity index (χ4v) is 2.19. The van der Waals surface area contributed by atoms with Crippen LogP contribution in [0.5, 0.6) is 5.75 Å².